The summed E-state index contributed by atoms with van der Waals surface area (Å²) in [7, 11) is 0. The van der Waals surface area contributed by atoms with Crippen LogP contribution in [-0.2, 0) is 4.79 Å². The van der Waals surface area contributed by atoms with Crippen LogP contribution in [0.3, 0.4) is 0 Å². The molecule has 0 aliphatic carbocycles. The molecule has 1 unspecified atom stereocenters. The van der Waals surface area contributed by atoms with Crippen molar-refractivity contribution in [1.82, 2.24) is 0 Å². The van der Waals surface area contributed by atoms with Crippen molar-refractivity contribution >= 4 is 23.4 Å². The van der Waals surface area contributed by atoms with Gasteiger partial charge in [0.1, 0.15) is 0 Å². The zero-order chi connectivity index (χ0) is 14.2. The third-order valence-electron chi connectivity index (χ3n) is 2.72. The van der Waals surface area contributed by atoms with Gasteiger partial charge in [0.2, 0.25) is 5.91 Å². The van der Waals surface area contributed by atoms with E-state index < -0.39 is 0 Å². The Hall–Kier alpha value is -1.78. The molecule has 1 atom stereocenters. The maximum absolute atomic E-state index is 11.9. The van der Waals surface area contributed by atoms with Crippen molar-refractivity contribution in [3.8, 4) is 0 Å². The number of thioether (sulfide) groups is 1. The van der Waals surface area contributed by atoms with E-state index in [1.165, 1.54) is 11.8 Å². The van der Waals surface area contributed by atoms with Crippen molar-refractivity contribution in [2.45, 2.75) is 16.6 Å². The zero-order valence-corrected chi connectivity index (χ0v) is 11.8. The first kappa shape index (κ1) is 14.6. The number of carbonyl (C=O) groups excluding carboxylic acids is 1. The maximum Gasteiger partial charge on any atom is 0.225 e. The molecular formula is C16H17NO2S. The molecular weight excluding hydrogens is 270 g/mol. The minimum absolute atomic E-state index is 0.0260. The van der Waals surface area contributed by atoms with Gasteiger partial charge < -0.3 is 10.4 Å². The molecule has 0 radical (unpaired) electrons. The number of amides is 1. The van der Waals surface area contributed by atoms with E-state index in [1.807, 2.05) is 60.7 Å². The Bertz CT molecular complexity index is 531. The summed E-state index contributed by atoms with van der Waals surface area (Å²) >= 11 is 1.52. The number of carbonyl (C=O) groups is 1. The lowest BCUT2D eigenvalue weighted by atomic mass is 10.2. The Morgan fingerprint density at radius 2 is 1.65 bits per heavy atom. The van der Waals surface area contributed by atoms with Gasteiger partial charge in [0, 0.05) is 22.3 Å². The van der Waals surface area contributed by atoms with Crippen molar-refractivity contribution in [1.29, 1.82) is 0 Å². The van der Waals surface area contributed by atoms with Crippen LogP contribution in [0.4, 0.5) is 5.69 Å². The Morgan fingerprint density at radius 1 is 1.05 bits per heavy atom. The standard InChI is InChI=1S/C16H17NO2S/c18-12-15(20-14-9-5-2-6-10-14)11-16(19)17-13-7-3-1-4-8-13/h1-10,15,18H,11-12H2,(H,17,19). The van der Waals surface area contributed by atoms with Crippen LogP contribution in [0, 0.1) is 0 Å². The average Bonchev–Trinajstić information content (AvgIpc) is 2.48. The summed E-state index contributed by atoms with van der Waals surface area (Å²) in [4.78, 5) is 13.0. The fourth-order valence-corrected chi connectivity index (χ4v) is 2.78. The van der Waals surface area contributed by atoms with Crippen molar-refractivity contribution in [3.63, 3.8) is 0 Å². The number of aliphatic hydroxyl groups is 1. The smallest absolute Gasteiger partial charge is 0.225 e. The summed E-state index contributed by atoms with van der Waals surface area (Å²) in [5.41, 5.74) is 0.777. The van der Waals surface area contributed by atoms with Crippen molar-refractivity contribution in [2.24, 2.45) is 0 Å². The molecule has 0 bridgehead atoms. The average molecular weight is 287 g/mol. The highest BCUT2D eigenvalue weighted by Crippen LogP contribution is 2.25. The molecule has 4 heteroatoms. The van der Waals surface area contributed by atoms with Crippen LogP contribution in [0.15, 0.2) is 65.6 Å². The van der Waals surface area contributed by atoms with Gasteiger partial charge in [-0.15, -0.1) is 11.8 Å². The van der Waals surface area contributed by atoms with Gasteiger partial charge in [-0.2, -0.15) is 0 Å². The summed E-state index contributed by atoms with van der Waals surface area (Å²) < 4.78 is 0. The van der Waals surface area contributed by atoms with E-state index in [0.29, 0.717) is 0 Å². The number of para-hydroxylation sites is 1. The topological polar surface area (TPSA) is 49.3 Å². The molecule has 0 fully saturated rings. The summed E-state index contributed by atoms with van der Waals surface area (Å²) in [6.45, 7) is -0.0260. The molecule has 3 nitrogen and oxygen atoms in total. The number of hydrogen-bond donors (Lipinski definition) is 2. The van der Waals surface area contributed by atoms with Crippen molar-refractivity contribution in [2.75, 3.05) is 11.9 Å². The number of nitrogens with one attached hydrogen (secondary N) is 1. The highest BCUT2D eigenvalue weighted by Gasteiger charge is 2.14. The van der Waals surface area contributed by atoms with Gasteiger partial charge in [0.15, 0.2) is 0 Å². The summed E-state index contributed by atoms with van der Waals surface area (Å²) in [5, 5.41) is 12.1. The van der Waals surface area contributed by atoms with E-state index in [9.17, 15) is 9.90 Å². The van der Waals surface area contributed by atoms with Gasteiger partial charge >= 0.3 is 0 Å². The number of anilines is 1. The first-order chi connectivity index (χ1) is 9.78. The Balaban J connectivity index is 1.88. The summed E-state index contributed by atoms with van der Waals surface area (Å²) in [6, 6.07) is 19.1. The molecule has 0 saturated carbocycles. The van der Waals surface area contributed by atoms with Crippen LogP contribution >= 0.6 is 11.8 Å². The molecule has 2 N–H and O–H groups in total. The van der Waals surface area contributed by atoms with Crippen LogP contribution in [0.25, 0.3) is 0 Å². The van der Waals surface area contributed by atoms with Crippen LogP contribution in [0.2, 0.25) is 0 Å². The molecule has 0 aliphatic heterocycles. The zero-order valence-electron chi connectivity index (χ0n) is 11.0. The first-order valence-corrected chi connectivity index (χ1v) is 7.33. The Morgan fingerprint density at radius 3 is 2.25 bits per heavy atom. The predicted molar refractivity (Wildman–Crippen MR) is 82.9 cm³/mol. The normalized spacial score (nSPS) is 11.8. The largest absolute Gasteiger partial charge is 0.395 e. The first-order valence-electron chi connectivity index (χ1n) is 6.45. The predicted octanol–water partition coefficient (Wildman–Crippen LogP) is 3.17. The number of hydrogen-bond acceptors (Lipinski definition) is 3. The molecule has 0 heterocycles. The molecule has 20 heavy (non-hydrogen) atoms. The molecule has 104 valence electrons. The van der Waals surface area contributed by atoms with Crippen LogP contribution in [0.5, 0.6) is 0 Å². The fourth-order valence-electron chi connectivity index (χ4n) is 1.78. The minimum Gasteiger partial charge on any atom is -0.395 e. The van der Waals surface area contributed by atoms with Gasteiger partial charge in [-0.1, -0.05) is 36.4 Å². The van der Waals surface area contributed by atoms with Gasteiger partial charge in [-0.25, -0.2) is 0 Å². The van der Waals surface area contributed by atoms with E-state index >= 15 is 0 Å². The van der Waals surface area contributed by atoms with E-state index in [4.69, 9.17) is 0 Å². The Kier molecular flexibility index (Phi) is 5.65. The number of benzene rings is 2. The van der Waals surface area contributed by atoms with Crippen LogP contribution in [-0.4, -0.2) is 22.9 Å². The SMILES string of the molecule is O=C(CC(CO)Sc1ccccc1)Nc1ccccc1. The highest BCUT2D eigenvalue weighted by molar-refractivity contribution is 8.00. The molecule has 0 aliphatic rings. The third-order valence-corrected chi connectivity index (χ3v) is 3.91. The van der Waals surface area contributed by atoms with E-state index in [0.717, 1.165) is 10.6 Å². The lowest BCUT2D eigenvalue weighted by Crippen LogP contribution is -2.20. The van der Waals surface area contributed by atoms with Crippen molar-refractivity contribution in [3.05, 3.63) is 60.7 Å². The maximum atomic E-state index is 11.9. The quantitative estimate of drug-likeness (QED) is 0.802. The molecule has 1 amide bonds. The molecule has 2 aromatic carbocycles. The minimum atomic E-state index is -0.138. The lowest BCUT2D eigenvalue weighted by molar-refractivity contribution is -0.116. The Labute approximate surface area is 123 Å². The van der Waals surface area contributed by atoms with Crippen LogP contribution < -0.4 is 5.32 Å². The fraction of sp³-hybridized carbons (Fsp3) is 0.188. The molecule has 2 rings (SSSR count). The van der Waals surface area contributed by atoms with Gasteiger partial charge in [0.05, 0.1) is 6.61 Å². The van der Waals surface area contributed by atoms with Crippen LogP contribution in [0.1, 0.15) is 6.42 Å². The lowest BCUT2D eigenvalue weighted by Gasteiger charge is -2.13. The van der Waals surface area contributed by atoms with E-state index in [2.05, 4.69) is 5.32 Å². The second-order valence-electron chi connectivity index (χ2n) is 4.35. The molecule has 0 aromatic heterocycles. The second-order valence-corrected chi connectivity index (χ2v) is 5.73. The molecule has 2 aromatic rings. The third kappa shape index (κ3) is 4.72. The number of aliphatic hydroxyl groups excluding tert-OH is 1. The van der Waals surface area contributed by atoms with E-state index in [1.54, 1.807) is 0 Å². The van der Waals surface area contributed by atoms with Gasteiger partial charge in [-0.3, -0.25) is 4.79 Å². The summed E-state index contributed by atoms with van der Waals surface area (Å²) in [6.07, 6.45) is 0.283. The summed E-state index contributed by atoms with van der Waals surface area (Å²) in [5.74, 6) is -0.0846. The molecule has 0 saturated heterocycles. The highest BCUT2D eigenvalue weighted by atomic mass is 32.2. The molecule has 0 spiro atoms. The van der Waals surface area contributed by atoms with Gasteiger partial charge in [-0.05, 0) is 24.3 Å². The number of rotatable bonds is 6. The van der Waals surface area contributed by atoms with Gasteiger partial charge in [0.25, 0.3) is 0 Å². The monoisotopic (exact) mass is 287 g/mol. The second kappa shape index (κ2) is 7.72. The van der Waals surface area contributed by atoms with Crippen molar-refractivity contribution < 1.29 is 9.90 Å². The van der Waals surface area contributed by atoms with E-state index in [-0.39, 0.29) is 24.2 Å².